The van der Waals surface area contributed by atoms with E-state index in [1.165, 1.54) is 11.1 Å². The van der Waals surface area contributed by atoms with Gasteiger partial charge in [-0.3, -0.25) is 9.59 Å². The predicted molar refractivity (Wildman–Crippen MR) is 172 cm³/mol. The van der Waals surface area contributed by atoms with Gasteiger partial charge in [-0.05, 0) is 92.5 Å². The van der Waals surface area contributed by atoms with Crippen molar-refractivity contribution in [3.8, 4) is 17.2 Å². The fourth-order valence-corrected chi connectivity index (χ4v) is 5.49. The number of ether oxygens (including phenoxy) is 3. The molecule has 0 aliphatic rings. The second kappa shape index (κ2) is 13.0. The molecule has 2 N–H and O–H groups in total. The highest BCUT2D eigenvalue weighted by Gasteiger charge is 2.16. The number of benzene rings is 4. The summed E-state index contributed by atoms with van der Waals surface area (Å²) in [7, 11) is 6.95. The maximum atomic E-state index is 13.5. The van der Waals surface area contributed by atoms with Crippen LogP contribution in [0.4, 0.5) is 5.69 Å². The Hall–Kier alpha value is -4.82. The number of carbonyl (C=O) groups is 1. The number of carbonyl (C=O) groups excluding carboxylic acids is 1. The average Bonchev–Trinajstić information content (AvgIpc) is 3.01. The molecule has 0 saturated heterocycles. The maximum absolute atomic E-state index is 13.5. The lowest BCUT2D eigenvalue weighted by molar-refractivity contribution is 0.102. The number of aryl methyl sites for hydroxylation is 2. The number of aromatic nitrogens is 1. The van der Waals surface area contributed by atoms with Crippen molar-refractivity contribution in [2.45, 2.75) is 26.3 Å². The Morgan fingerprint density at radius 1 is 0.814 bits per heavy atom. The monoisotopic (exact) mass is 579 g/mol. The van der Waals surface area contributed by atoms with Crippen molar-refractivity contribution in [1.82, 2.24) is 9.88 Å². The molecule has 222 valence electrons. The SMILES string of the molecule is COc1ccc(CN(C)CCCc2ccc(NC(=O)c3cccc4c(=O)c5cccc(OC)c5[nH]c34)c(C)c2)cc1OC. The first-order chi connectivity index (χ1) is 20.8. The fraction of sp³-hybridized carbons (Fsp3) is 0.257. The fourth-order valence-electron chi connectivity index (χ4n) is 5.49. The Balaban J connectivity index is 1.25. The van der Waals surface area contributed by atoms with Gasteiger partial charge in [0.2, 0.25) is 0 Å². The van der Waals surface area contributed by atoms with E-state index in [1.54, 1.807) is 57.7 Å². The Kier molecular flexibility index (Phi) is 8.97. The highest BCUT2D eigenvalue weighted by atomic mass is 16.5. The van der Waals surface area contributed by atoms with Gasteiger partial charge in [0.25, 0.3) is 5.91 Å². The molecule has 1 aromatic heterocycles. The van der Waals surface area contributed by atoms with E-state index in [1.807, 2.05) is 25.1 Å². The molecule has 43 heavy (non-hydrogen) atoms. The summed E-state index contributed by atoms with van der Waals surface area (Å²) in [5.41, 5.74) is 5.38. The van der Waals surface area contributed by atoms with Crippen molar-refractivity contribution < 1.29 is 19.0 Å². The normalized spacial score (nSPS) is 11.2. The Morgan fingerprint density at radius 2 is 1.51 bits per heavy atom. The van der Waals surface area contributed by atoms with Gasteiger partial charge >= 0.3 is 0 Å². The lowest BCUT2D eigenvalue weighted by Gasteiger charge is -2.18. The summed E-state index contributed by atoms with van der Waals surface area (Å²) in [5.74, 6) is 1.72. The van der Waals surface area contributed by atoms with Crippen LogP contribution in [-0.2, 0) is 13.0 Å². The minimum Gasteiger partial charge on any atom is -0.495 e. The smallest absolute Gasteiger partial charge is 0.257 e. The second-order valence-corrected chi connectivity index (χ2v) is 10.7. The van der Waals surface area contributed by atoms with Crippen LogP contribution in [0.3, 0.4) is 0 Å². The predicted octanol–water partition coefficient (Wildman–Crippen LogP) is 6.33. The minimum atomic E-state index is -0.289. The molecule has 0 aliphatic heterocycles. The number of para-hydroxylation sites is 2. The summed E-state index contributed by atoms with van der Waals surface area (Å²) in [6, 6.07) is 22.6. The number of nitrogens with one attached hydrogen (secondary N) is 2. The lowest BCUT2D eigenvalue weighted by atomic mass is 10.0. The van der Waals surface area contributed by atoms with Crippen LogP contribution < -0.4 is 25.0 Å². The second-order valence-electron chi connectivity index (χ2n) is 10.7. The molecule has 0 saturated carbocycles. The molecule has 1 amide bonds. The van der Waals surface area contributed by atoms with E-state index < -0.39 is 0 Å². The Bertz CT molecular complexity index is 1850. The zero-order chi connectivity index (χ0) is 30.5. The topological polar surface area (TPSA) is 92.9 Å². The van der Waals surface area contributed by atoms with Crippen LogP contribution >= 0.6 is 0 Å². The number of fused-ring (bicyclic) bond motifs is 2. The number of amides is 1. The van der Waals surface area contributed by atoms with Gasteiger partial charge < -0.3 is 29.4 Å². The van der Waals surface area contributed by atoms with Gasteiger partial charge in [0, 0.05) is 23.0 Å². The molecular weight excluding hydrogens is 542 g/mol. The number of anilines is 1. The van der Waals surface area contributed by atoms with Crippen molar-refractivity contribution in [1.29, 1.82) is 0 Å². The van der Waals surface area contributed by atoms with Crippen LogP contribution in [0, 0.1) is 6.92 Å². The summed E-state index contributed by atoms with van der Waals surface area (Å²) in [5, 5.41) is 4.01. The molecule has 0 unspecified atom stereocenters. The van der Waals surface area contributed by atoms with Crippen LogP contribution in [0.2, 0.25) is 0 Å². The molecule has 0 fully saturated rings. The van der Waals surface area contributed by atoms with Crippen molar-refractivity contribution in [2.24, 2.45) is 0 Å². The average molecular weight is 580 g/mol. The standard InChI is InChI=1S/C35H37N3O5/c1-22-19-23(9-8-18-38(2)21-24-15-17-29(41-3)31(20-24)43-5)14-16-28(22)36-35(40)27-12-6-10-25-32(27)37-33-26(34(25)39)11-7-13-30(33)42-4/h6-7,10-17,19-20H,8-9,18,21H2,1-5H3,(H,36,40)(H,37,39). The third-order valence-corrected chi connectivity index (χ3v) is 7.74. The van der Waals surface area contributed by atoms with Crippen molar-refractivity contribution >= 4 is 33.4 Å². The van der Waals surface area contributed by atoms with Gasteiger partial charge in [-0.2, -0.15) is 0 Å². The zero-order valence-corrected chi connectivity index (χ0v) is 25.2. The van der Waals surface area contributed by atoms with Crippen LogP contribution in [0.15, 0.2) is 77.6 Å². The van der Waals surface area contributed by atoms with E-state index in [0.29, 0.717) is 33.1 Å². The number of hydrogen-bond acceptors (Lipinski definition) is 6. The van der Waals surface area contributed by atoms with Gasteiger partial charge in [0.1, 0.15) is 5.75 Å². The van der Waals surface area contributed by atoms with Gasteiger partial charge in [0.15, 0.2) is 16.9 Å². The number of pyridine rings is 1. The van der Waals surface area contributed by atoms with Gasteiger partial charge in [-0.1, -0.05) is 30.3 Å². The number of nitrogens with zero attached hydrogens (tertiary/aromatic N) is 1. The largest absolute Gasteiger partial charge is 0.495 e. The first-order valence-electron chi connectivity index (χ1n) is 14.2. The third-order valence-electron chi connectivity index (χ3n) is 7.74. The third kappa shape index (κ3) is 6.34. The molecule has 8 nitrogen and oxygen atoms in total. The Labute approximate surface area is 251 Å². The van der Waals surface area contributed by atoms with E-state index in [0.717, 1.165) is 48.7 Å². The molecule has 5 aromatic rings. The number of aromatic amines is 1. The van der Waals surface area contributed by atoms with Crippen LogP contribution in [-0.4, -0.2) is 50.7 Å². The first-order valence-corrected chi connectivity index (χ1v) is 14.2. The van der Waals surface area contributed by atoms with Gasteiger partial charge in [0.05, 0.1) is 37.9 Å². The summed E-state index contributed by atoms with van der Waals surface area (Å²) < 4.78 is 16.2. The molecule has 1 heterocycles. The molecule has 0 atom stereocenters. The van der Waals surface area contributed by atoms with E-state index in [9.17, 15) is 9.59 Å². The molecule has 0 bridgehead atoms. The van der Waals surface area contributed by atoms with Crippen molar-refractivity contribution in [2.75, 3.05) is 40.2 Å². The molecular formula is C35H37N3O5. The first kappa shape index (κ1) is 29.7. The summed E-state index contributed by atoms with van der Waals surface area (Å²) in [6.07, 6.45) is 1.92. The highest BCUT2D eigenvalue weighted by Crippen LogP contribution is 2.28. The molecule has 8 heteroatoms. The number of hydrogen-bond donors (Lipinski definition) is 2. The summed E-state index contributed by atoms with van der Waals surface area (Å²) in [4.78, 5) is 32.3. The van der Waals surface area contributed by atoms with Crippen LogP contribution in [0.1, 0.15) is 33.5 Å². The zero-order valence-electron chi connectivity index (χ0n) is 25.2. The van der Waals surface area contributed by atoms with Crippen LogP contribution in [0.25, 0.3) is 21.8 Å². The summed E-state index contributed by atoms with van der Waals surface area (Å²) >= 11 is 0. The molecule has 0 spiro atoms. The number of methoxy groups -OCH3 is 3. The quantitative estimate of drug-likeness (QED) is 0.178. The Morgan fingerprint density at radius 3 is 2.23 bits per heavy atom. The summed E-state index contributed by atoms with van der Waals surface area (Å²) in [6.45, 7) is 3.74. The van der Waals surface area contributed by atoms with Gasteiger partial charge in [-0.25, -0.2) is 0 Å². The highest BCUT2D eigenvalue weighted by molar-refractivity contribution is 6.13. The molecule has 0 aliphatic carbocycles. The van der Waals surface area contributed by atoms with E-state index >= 15 is 0 Å². The van der Waals surface area contributed by atoms with Crippen molar-refractivity contribution in [3.05, 3.63) is 105 Å². The molecule has 5 rings (SSSR count). The van der Waals surface area contributed by atoms with Gasteiger partial charge in [-0.15, -0.1) is 0 Å². The lowest BCUT2D eigenvalue weighted by Crippen LogP contribution is -2.19. The number of H-pyrrole nitrogens is 1. The maximum Gasteiger partial charge on any atom is 0.257 e. The van der Waals surface area contributed by atoms with E-state index in [4.69, 9.17) is 14.2 Å². The van der Waals surface area contributed by atoms with E-state index in [-0.39, 0.29) is 11.3 Å². The van der Waals surface area contributed by atoms with E-state index in [2.05, 4.69) is 40.4 Å². The number of rotatable bonds is 11. The molecule has 4 aromatic carbocycles. The molecule has 0 radical (unpaired) electrons. The minimum absolute atomic E-state index is 0.146. The van der Waals surface area contributed by atoms with Crippen molar-refractivity contribution in [3.63, 3.8) is 0 Å². The van der Waals surface area contributed by atoms with Crippen LogP contribution in [0.5, 0.6) is 17.2 Å².